The van der Waals surface area contributed by atoms with Gasteiger partial charge in [-0.15, -0.1) is 0 Å². The summed E-state index contributed by atoms with van der Waals surface area (Å²) in [5.41, 5.74) is 0. The third-order valence-electron chi connectivity index (χ3n) is 0.648. The molecular formula is C5H9AlO4. The summed E-state index contributed by atoms with van der Waals surface area (Å²) in [4.78, 5) is 29.9. The highest BCUT2D eigenvalue weighted by Gasteiger charge is 2.12. The lowest BCUT2D eigenvalue weighted by molar-refractivity contribution is -0.150. The smallest absolute Gasteiger partial charge is 0.372 e. The number of carboxylic acids is 1. The van der Waals surface area contributed by atoms with Gasteiger partial charge in [-0.3, -0.25) is 9.59 Å². The molecule has 0 radical (unpaired) electrons. The summed E-state index contributed by atoms with van der Waals surface area (Å²) < 4.78 is 0. The van der Waals surface area contributed by atoms with Gasteiger partial charge in [-0.1, -0.05) is 0 Å². The fraction of sp³-hybridized carbons (Fsp3) is 0.400. The van der Waals surface area contributed by atoms with Crippen molar-refractivity contribution in [2.45, 2.75) is 13.3 Å². The van der Waals surface area contributed by atoms with E-state index in [4.69, 9.17) is 5.11 Å². The lowest BCUT2D eigenvalue weighted by Gasteiger charge is -1.86. The van der Waals surface area contributed by atoms with Crippen LogP contribution in [0.3, 0.4) is 0 Å². The molecule has 0 spiro atoms. The lowest BCUT2D eigenvalue weighted by atomic mass is 10.2. The van der Waals surface area contributed by atoms with E-state index in [1.807, 2.05) is 0 Å². The van der Waals surface area contributed by atoms with E-state index in [9.17, 15) is 14.4 Å². The number of hydrogen-bond donors (Lipinski definition) is 1. The van der Waals surface area contributed by atoms with Crippen LogP contribution in [0.25, 0.3) is 0 Å². The maximum absolute atomic E-state index is 10.1. The Labute approximate surface area is 68.4 Å². The number of hydrogen-bond acceptors (Lipinski definition) is 3. The van der Waals surface area contributed by atoms with Crippen LogP contribution in [-0.2, 0) is 14.4 Å². The third-order valence-corrected chi connectivity index (χ3v) is 0.648. The minimum absolute atomic E-state index is 0. The predicted octanol–water partition coefficient (Wildman–Crippen LogP) is -1.56. The maximum Gasteiger partial charge on any atom is 0.372 e. The van der Waals surface area contributed by atoms with Crippen molar-refractivity contribution in [3.8, 4) is 0 Å². The van der Waals surface area contributed by atoms with Crippen molar-refractivity contribution in [3.63, 3.8) is 0 Å². The SMILES string of the molecule is CC(=O)CC(=O)C(=O)O.[AlH3]. The van der Waals surface area contributed by atoms with E-state index in [1.54, 1.807) is 0 Å². The van der Waals surface area contributed by atoms with Crippen LogP contribution in [0.5, 0.6) is 0 Å². The maximum atomic E-state index is 10.1. The molecule has 1 N–H and O–H groups in total. The topological polar surface area (TPSA) is 71.4 Å². The van der Waals surface area contributed by atoms with E-state index in [0.29, 0.717) is 0 Å². The Bertz CT molecular complexity index is 163. The Morgan fingerprint density at radius 3 is 1.80 bits per heavy atom. The molecule has 0 atom stereocenters. The molecule has 0 unspecified atom stereocenters. The van der Waals surface area contributed by atoms with E-state index >= 15 is 0 Å². The molecule has 0 aliphatic carbocycles. The molecule has 0 aromatic rings. The van der Waals surface area contributed by atoms with Crippen LogP contribution in [-0.4, -0.2) is 40.0 Å². The minimum Gasteiger partial charge on any atom is -0.475 e. The van der Waals surface area contributed by atoms with Crippen LogP contribution < -0.4 is 0 Å². The molecule has 0 saturated carbocycles. The van der Waals surface area contributed by atoms with Gasteiger partial charge in [-0.2, -0.15) is 0 Å². The Morgan fingerprint density at radius 1 is 1.30 bits per heavy atom. The zero-order valence-electron chi connectivity index (χ0n) is 4.88. The van der Waals surface area contributed by atoms with Crippen molar-refractivity contribution >= 4 is 34.9 Å². The first-order chi connectivity index (χ1) is 4.04. The summed E-state index contributed by atoms with van der Waals surface area (Å²) in [6.07, 6.45) is -0.505. The molecule has 0 aromatic heterocycles. The average molecular weight is 160 g/mol. The minimum atomic E-state index is -1.55. The highest BCUT2D eigenvalue weighted by atomic mass is 27.0. The van der Waals surface area contributed by atoms with Gasteiger partial charge in [-0.05, 0) is 6.92 Å². The van der Waals surface area contributed by atoms with Crippen molar-refractivity contribution in [3.05, 3.63) is 0 Å². The van der Waals surface area contributed by atoms with Gasteiger partial charge in [0.2, 0.25) is 5.78 Å². The molecular weight excluding hydrogens is 151 g/mol. The largest absolute Gasteiger partial charge is 0.475 e. The Hall–Kier alpha value is -0.658. The molecule has 0 aliphatic heterocycles. The Kier molecular flexibility index (Phi) is 6.21. The van der Waals surface area contributed by atoms with Crippen molar-refractivity contribution in [1.29, 1.82) is 0 Å². The zero-order chi connectivity index (χ0) is 7.44. The number of rotatable bonds is 3. The van der Waals surface area contributed by atoms with E-state index in [2.05, 4.69) is 0 Å². The summed E-state index contributed by atoms with van der Waals surface area (Å²) in [5.74, 6) is -3.03. The van der Waals surface area contributed by atoms with Gasteiger partial charge in [0.1, 0.15) is 5.78 Å². The molecule has 0 amide bonds. The van der Waals surface area contributed by atoms with Crippen LogP contribution in [0.2, 0.25) is 0 Å². The molecule has 0 aromatic carbocycles. The number of ketones is 2. The molecule has 0 aliphatic rings. The van der Waals surface area contributed by atoms with Crippen molar-refractivity contribution in [2.75, 3.05) is 0 Å². The molecule has 0 heterocycles. The summed E-state index contributed by atoms with van der Waals surface area (Å²) in [6, 6.07) is 0. The molecule has 0 rings (SSSR count). The third kappa shape index (κ3) is 5.48. The van der Waals surface area contributed by atoms with E-state index < -0.39 is 24.0 Å². The predicted molar refractivity (Wildman–Crippen MR) is 37.9 cm³/mol. The number of Topliss-reactive ketones (excluding diaryl/α,β-unsaturated/α-hetero) is 2. The summed E-state index contributed by atoms with van der Waals surface area (Å²) in [6.45, 7) is 1.17. The van der Waals surface area contributed by atoms with Crippen LogP contribution in [0.1, 0.15) is 13.3 Å². The molecule has 10 heavy (non-hydrogen) atoms. The van der Waals surface area contributed by atoms with E-state index in [1.165, 1.54) is 6.92 Å². The van der Waals surface area contributed by atoms with E-state index in [0.717, 1.165) is 0 Å². The summed E-state index contributed by atoms with van der Waals surface area (Å²) >= 11 is 0. The summed E-state index contributed by atoms with van der Waals surface area (Å²) in [7, 11) is 0. The van der Waals surface area contributed by atoms with Gasteiger partial charge in [-0.25, -0.2) is 4.79 Å². The first-order valence-electron chi connectivity index (χ1n) is 2.29. The first-order valence-corrected chi connectivity index (χ1v) is 2.29. The highest BCUT2D eigenvalue weighted by Crippen LogP contribution is 1.83. The van der Waals surface area contributed by atoms with Gasteiger partial charge in [0.05, 0.1) is 6.42 Å². The van der Waals surface area contributed by atoms with E-state index in [-0.39, 0.29) is 17.4 Å². The van der Waals surface area contributed by atoms with Crippen molar-refractivity contribution < 1.29 is 19.5 Å². The van der Waals surface area contributed by atoms with Crippen LogP contribution >= 0.6 is 0 Å². The number of carbonyl (C=O) groups excluding carboxylic acids is 2. The second-order valence-electron chi connectivity index (χ2n) is 1.61. The lowest BCUT2D eigenvalue weighted by Crippen LogP contribution is -2.15. The van der Waals surface area contributed by atoms with Crippen molar-refractivity contribution in [2.24, 2.45) is 0 Å². The summed E-state index contributed by atoms with van der Waals surface area (Å²) in [5, 5.41) is 7.93. The monoisotopic (exact) mass is 160 g/mol. The normalized spacial score (nSPS) is 7.70. The molecule has 0 fully saturated rings. The fourth-order valence-electron chi connectivity index (χ4n) is 0.302. The van der Waals surface area contributed by atoms with Gasteiger partial charge < -0.3 is 5.11 Å². The van der Waals surface area contributed by atoms with Crippen LogP contribution in [0.4, 0.5) is 0 Å². The molecule has 56 valence electrons. The Balaban J connectivity index is 0. The average Bonchev–Trinajstić information content (AvgIpc) is 1.63. The van der Waals surface area contributed by atoms with Gasteiger partial charge in [0.25, 0.3) is 0 Å². The Morgan fingerprint density at radius 2 is 1.70 bits per heavy atom. The quantitative estimate of drug-likeness (QED) is 0.308. The van der Waals surface area contributed by atoms with Crippen molar-refractivity contribution in [1.82, 2.24) is 0 Å². The number of carboxylic acid groups (broad SMARTS) is 1. The molecule has 5 heteroatoms. The second kappa shape index (κ2) is 5.15. The van der Waals surface area contributed by atoms with Crippen LogP contribution in [0.15, 0.2) is 0 Å². The van der Waals surface area contributed by atoms with Crippen LogP contribution in [0, 0.1) is 0 Å². The molecule has 0 bridgehead atoms. The second-order valence-corrected chi connectivity index (χ2v) is 1.61. The molecule has 4 nitrogen and oxygen atoms in total. The fourth-order valence-corrected chi connectivity index (χ4v) is 0.302. The molecule has 0 saturated heterocycles. The highest BCUT2D eigenvalue weighted by molar-refractivity contribution is 6.36. The first kappa shape index (κ1) is 12.1. The standard InChI is InChI=1S/C5H6O4.Al.3H/c1-3(6)2-4(7)5(8)9;;;;/h2H2,1H3,(H,8,9);;;;. The van der Waals surface area contributed by atoms with Gasteiger partial charge in [0, 0.05) is 0 Å². The number of carbonyl (C=O) groups is 3. The van der Waals surface area contributed by atoms with Gasteiger partial charge >= 0.3 is 5.97 Å². The zero-order valence-corrected chi connectivity index (χ0v) is 4.88. The van der Waals surface area contributed by atoms with Gasteiger partial charge in [0.15, 0.2) is 17.4 Å². The number of aliphatic carboxylic acids is 1.